The molecule has 2 aliphatic rings. The summed E-state index contributed by atoms with van der Waals surface area (Å²) in [5.41, 5.74) is 0. The molecule has 0 aromatic carbocycles. The van der Waals surface area contributed by atoms with Gasteiger partial charge in [0.15, 0.2) is 0 Å². The van der Waals surface area contributed by atoms with Gasteiger partial charge in [0.1, 0.15) is 0 Å². The zero-order valence-corrected chi connectivity index (χ0v) is 14.9. The van der Waals surface area contributed by atoms with Crippen LogP contribution in [-0.4, -0.2) is 78.9 Å². The molecule has 3 unspecified atom stereocenters. The van der Waals surface area contributed by atoms with Crippen molar-refractivity contribution >= 4 is 12.0 Å². The van der Waals surface area contributed by atoms with E-state index in [-0.39, 0.29) is 24.7 Å². The highest BCUT2D eigenvalue weighted by Gasteiger charge is 2.27. The van der Waals surface area contributed by atoms with Gasteiger partial charge in [-0.25, -0.2) is 4.79 Å². The molecule has 138 valence electrons. The number of aliphatic carboxylic acids is 1. The number of likely N-dealkylation sites (N-methyl/N-ethyl adjacent to an activating group) is 1. The highest BCUT2D eigenvalue weighted by molar-refractivity contribution is 5.74. The largest absolute Gasteiger partial charge is 0.480 e. The lowest BCUT2D eigenvalue weighted by Gasteiger charge is -2.35. The van der Waals surface area contributed by atoms with Crippen LogP contribution in [-0.2, 0) is 9.53 Å². The average Bonchev–Trinajstić information content (AvgIpc) is 2.71. The van der Waals surface area contributed by atoms with Crippen LogP contribution in [0.2, 0.25) is 0 Å². The summed E-state index contributed by atoms with van der Waals surface area (Å²) >= 11 is 0. The van der Waals surface area contributed by atoms with E-state index in [4.69, 9.17) is 9.84 Å². The van der Waals surface area contributed by atoms with E-state index >= 15 is 0 Å². The molecule has 2 amide bonds. The zero-order valence-electron chi connectivity index (χ0n) is 14.9. The van der Waals surface area contributed by atoms with Gasteiger partial charge < -0.3 is 20.1 Å². The molecule has 1 aliphatic heterocycles. The van der Waals surface area contributed by atoms with Gasteiger partial charge in [0.25, 0.3) is 0 Å². The molecule has 24 heavy (non-hydrogen) atoms. The van der Waals surface area contributed by atoms with Crippen molar-refractivity contribution in [1.29, 1.82) is 0 Å². The molecule has 0 aromatic heterocycles. The van der Waals surface area contributed by atoms with Crippen molar-refractivity contribution in [3.05, 3.63) is 0 Å². The first-order valence-corrected chi connectivity index (χ1v) is 9.01. The van der Waals surface area contributed by atoms with E-state index < -0.39 is 5.97 Å². The first-order valence-electron chi connectivity index (χ1n) is 9.01. The van der Waals surface area contributed by atoms with Crippen LogP contribution in [0, 0.1) is 5.92 Å². The second-order valence-electron chi connectivity index (χ2n) is 7.29. The number of hydrogen-bond donors (Lipinski definition) is 2. The molecule has 0 aromatic rings. The lowest BCUT2D eigenvalue weighted by Crippen LogP contribution is -2.53. The Morgan fingerprint density at radius 3 is 2.83 bits per heavy atom. The van der Waals surface area contributed by atoms with Gasteiger partial charge in [-0.3, -0.25) is 9.69 Å². The Balaban J connectivity index is 1.78. The summed E-state index contributed by atoms with van der Waals surface area (Å²) in [4.78, 5) is 26.8. The molecule has 1 heterocycles. The number of hydrogen-bond acceptors (Lipinski definition) is 4. The smallest absolute Gasteiger partial charge is 0.317 e. The van der Waals surface area contributed by atoms with Crippen molar-refractivity contribution in [1.82, 2.24) is 15.1 Å². The third-order valence-corrected chi connectivity index (χ3v) is 4.93. The number of nitrogens with one attached hydrogen (secondary N) is 1. The van der Waals surface area contributed by atoms with Crippen LogP contribution in [0.1, 0.15) is 39.0 Å². The lowest BCUT2D eigenvalue weighted by molar-refractivity contribution is -0.138. The van der Waals surface area contributed by atoms with Crippen LogP contribution < -0.4 is 5.32 Å². The number of carboxylic acids is 1. The summed E-state index contributed by atoms with van der Waals surface area (Å²) < 4.78 is 5.68. The van der Waals surface area contributed by atoms with E-state index in [1.165, 1.54) is 19.3 Å². The fraction of sp³-hybridized carbons (Fsp3) is 0.882. The summed E-state index contributed by atoms with van der Waals surface area (Å²) in [7, 11) is 1.75. The van der Waals surface area contributed by atoms with E-state index in [0.717, 1.165) is 18.8 Å². The van der Waals surface area contributed by atoms with E-state index in [9.17, 15) is 9.59 Å². The van der Waals surface area contributed by atoms with Crippen molar-refractivity contribution < 1.29 is 19.4 Å². The van der Waals surface area contributed by atoms with Crippen LogP contribution >= 0.6 is 0 Å². The Hall–Kier alpha value is -1.34. The van der Waals surface area contributed by atoms with Crippen LogP contribution in [0.4, 0.5) is 4.79 Å². The minimum atomic E-state index is -0.856. The third kappa shape index (κ3) is 6.28. The van der Waals surface area contributed by atoms with Gasteiger partial charge >= 0.3 is 12.0 Å². The van der Waals surface area contributed by atoms with Crippen molar-refractivity contribution in [2.45, 2.75) is 51.2 Å². The molecule has 7 nitrogen and oxygen atoms in total. The molecule has 2 rings (SSSR count). The van der Waals surface area contributed by atoms with Gasteiger partial charge in [0.05, 0.1) is 19.3 Å². The van der Waals surface area contributed by atoms with E-state index in [1.807, 2.05) is 0 Å². The van der Waals surface area contributed by atoms with Crippen molar-refractivity contribution in [3.63, 3.8) is 0 Å². The molecule has 7 heteroatoms. The Morgan fingerprint density at radius 1 is 1.29 bits per heavy atom. The predicted octanol–water partition coefficient (Wildman–Crippen LogP) is 1.38. The topological polar surface area (TPSA) is 82.1 Å². The predicted molar refractivity (Wildman–Crippen MR) is 91.0 cm³/mol. The molecule has 0 radical (unpaired) electrons. The summed E-state index contributed by atoms with van der Waals surface area (Å²) in [6.45, 7) is 4.38. The van der Waals surface area contributed by atoms with Crippen molar-refractivity contribution in [2.24, 2.45) is 5.92 Å². The third-order valence-electron chi connectivity index (χ3n) is 4.93. The Morgan fingerprint density at radius 2 is 2.08 bits per heavy atom. The van der Waals surface area contributed by atoms with Crippen LogP contribution in [0.3, 0.4) is 0 Å². The molecule has 1 saturated heterocycles. The second kappa shape index (κ2) is 9.22. The molecule has 2 fully saturated rings. The molecule has 3 atom stereocenters. The van der Waals surface area contributed by atoms with Crippen LogP contribution in [0.5, 0.6) is 0 Å². The number of nitrogens with zero attached hydrogens (tertiary/aromatic N) is 2. The standard InChI is InChI=1S/C17H31N3O4/c1-13-4-3-5-14(7-6-13)18-17(23)20-8-9-24-15(11-20)10-19(2)12-16(21)22/h13-15H,3-12H2,1-2H3,(H,18,23)(H,21,22). The number of ether oxygens (including phenoxy) is 1. The molecule has 0 bridgehead atoms. The van der Waals surface area contributed by atoms with E-state index in [0.29, 0.717) is 26.2 Å². The fourth-order valence-corrected chi connectivity index (χ4v) is 3.55. The highest BCUT2D eigenvalue weighted by atomic mass is 16.5. The number of urea groups is 1. The van der Waals surface area contributed by atoms with Crippen LogP contribution in [0.25, 0.3) is 0 Å². The van der Waals surface area contributed by atoms with Gasteiger partial charge in [0, 0.05) is 25.7 Å². The quantitative estimate of drug-likeness (QED) is 0.738. The number of rotatable bonds is 5. The highest BCUT2D eigenvalue weighted by Crippen LogP contribution is 2.22. The fourth-order valence-electron chi connectivity index (χ4n) is 3.55. The van der Waals surface area contributed by atoms with Gasteiger partial charge in [0.2, 0.25) is 0 Å². The molecule has 0 spiro atoms. The SMILES string of the molecule is CC1CCCC(NC(=O)N2CCOC(CN(C)CC(=O)O)C2)CC1. The zero-order chi connectivity index (χ0) is 17.5. The molecule has 1 aliphatic carbocycles. The van der Waals surface area contributed by atoms with Gasteiger partial charge in [-0.1, -0.05) is 19.8 Å². The van der Waals surface area contributed by atoms with Crippen LogP contribution in [0.15, 0.2) is 0 Å². The monoisotopic (exact) mass is 341 g/mol. The summed E-state index contributed by atoms with van der Waals surface area (Å²) in [6.07, 6.45) is 5.59. The second-order valence-corrected chi connectivity index (χ2v) is 7.29. The minimum Gasteiger partial charge on any atom is -0.480 e. The maximum Gasteiger partial charge on any atom is 0.317 e. The van der Waals surface area contributed by atoms with Gasteiger partial charge in [-0.2, -0.15) is 0 Å². The normalized spacial score (nSPS) is 28.5. The number of carboxylic acid groups (broad SMARTS) is 1. The average molecular weight is 341 g/mol. The Labute approximate surface area is 144 Å². The maximum atomic E-state index is 12.5. The summed E-state index contributed by atoms with van der Waals surface area (Å²) in [5, 5.41) is 12.0. The maximum absolute atomic E-state index is 12.5. The Kier molecular flexibility index (Phi) is 7.30. The van der Waals surface area contributed by atoms with Crippen molar-refractivity contribution in [3.8, 4) is 0 Å². The Bertz CT molecular complexity index is 432. The number of carbonyl (C=O) groups is 2. The first kappa shape index (κ1) is 19.0. The first-order chi connectivity index (χ1) is 11.4. The summed E-state index contributed by atoms with van der Waals surface area (Å²) in [5.74, 6) is -0.102. The lowest BCUT2D eigenvalue weighted by atomic mass is 10.0. The number of morpholine rings is 1. The molecular weight excluding hydrogens is 310 g/mol. The minimum absolute atomic E-state index is 0.0104. The van der Waals surface area contributed by atoms with Gasteiger partial charge in [-0.15, -0.1) is 0 Å². The van der Waals surface area contributed by atoms with E-state index in [1.54, 1.807) is 16.8 Å². The number of carbonyl (C=O) groups excluding carboxylic acids is 1. The molecule has 1 saturated carbocycles. The molecule has 2 N–H and O–H groups in total. The van der Waals surface area contributed by atoms with Gasteiger partial charge in [-0.05, 0) is 32.2 Å². The van der Waals surface area contributed by atoms with E-state index in [2.05, 4.69) is 12.2 Å². The number of amides is 2. The van der Waals surface area contributed by atoms with Crippen molar-refractivity contribution in [2.75, 3.05) is 39.8 Å². The molecular formula is C17H31N3O4. The summed E-state index contributed by atoms with van der Waals surface area (Å²) in [6, 6.07) is 0.266.